The molecule has 0 radical (unpaired) electrons. The molecule has 57 heavy (non-hydrogen) atoms. The maximum atomic E-state index is 14.1. The Balaban J connectivity index is 0.000000811. The quantitative estimate of drug-likeness (QED) is 0.156. The molecule has 3 aromatic heterocycles. The van der Waals surface area contributed by atoms with Crippen LogP contribution in [-0.4, -0.2) is 128 Å². The van der Waals surface area contributed by atoms with Crippen LogP contribution in [0.5, 0.6) is 0 Å². The molecule has 2 fully saturated rings. The fourth-order valence-corrected chi connectivity index (χ4v) is 7.75. The van der Waals surface area contributed by atoms with Crippen LogP contribution in [0.3, 0.4) is 0 Å². The second-order valence-electron chi connectivity index (χ2n) is 13.1. The van der Waals surface area contributed by atoms with Crippen molar-refractivity contribution < 1.29 is 50.6 Å². The van der Waals surface area contributed by atoms with Gasteiger partial charge in [-0.3, -0.25) is 9.59 Å². The van der Waals surface area contributed by atoms with Crippen LogP contribution in [0.2, 0.25) is 16.4 Å². The third-order valence-corrected chi connectivity index (χ3v) is 11.8. The van der Waals surface area contributed by atoms with Gasteiger partial charge in [0.2, 0.25) is 5.91 Å². The van der Waals surface area contributed by atoms with E-state index in [2.05, 4.69) is 35.8 Å². The summed E-state index contributed by atoms with van der Waals surface area (Å²) < 4.78 is 76.2. The average Bonchev–Trinajstić information content (AvgIpc) is 3.78. The summed E-state index contributed by atoms with van der Waals surface area (Å²) in [4.78, 5) is 64.7. The van der Waals surface area contributed by atoms with Crippen molar-refractivity contribution in [3.63, 3.8) is 0 Å². The molecule has 3 amide bonds. The Bertz CT molecular complexity index is 2130. The summed E-state index contributed by atoms with van der Waals surface area (Å²) in [5.41, 5.74) is 2.96. The van der Waals surface area contributed by atoms with Gasteiger partial charge in [-0.1, -0.05) is 11.6 Å². The van der Waals surface area contributed by atoms with Crippen molar-refractivity contribution in [3.8, 4) is 22.8 Å². The molecule has 15 nitrogen and oxygen atoms in total. The zero-order chi connectivity index (χ0) is 41.8. The molecule has 0 unspecified atom stereocenters. The number of nitrogens with zero attached hydrogens (tertiary/aromatic N) is 7. The smallest absolute Gasteiger partial charge is 0.475 e. The molecule has 0 bridgehead atoms. The molecule has 2 saturated heterocycles. The van der Waals surface area contributed by atoms with Gasteiger partial charge in [-0.25, -0.2) is 4.79 Å². The number of aromatic amines is 1. The summed E-state index contributed by atoms with van der Waals surface area (Å²) >= 11 is 5.03. The van der Waals surface area contributed by atoms with Gasteiger partial charge in [0.1, 0.15) is 0 Å². The molecule has 0 atom stereocenters. The zero-order valence-electron chi connectivity index (χ0n) is 30.5. The van der Waals surface area contributed by atoms with Gasteiger partial charge in [0.15, 0.2) is 0 Å². The van der Waals surface area contributed by atoms with Crippen LogP contribution in [0.25, 0.3) is 22.8 Å². The van der Waals surface area contributed by atoms with Gasteiger partial charge < -0.3 is 20.2 Å². The van der Waals surface area contributed by atoms with Gasteiger partial charge in [0, 0.05) is 32.1 Å². The summed E-state index contributed by atoms with van der Waals surface area (Å²) in [7, 11) is 1.42. The van der Waals surface area contributed by atoms with E-state index in [-0.39, 0.29) is 62.6 Å². The minimum absolute atomic E-state index is 0.0109. The molecule has 2 aliphatic heterocycles. The molecule has 0 saturated carbocycles. The summed E-state index contributed by atoms with van der Waals surface area (Å²) in [5.74, 6) is -3.78. The van der Waals surface area contributed by atoms with Crippen LogP contribution in [-0.2, 0) is 22.8 Å². The van der Waals surface area contributed by atoms with Gasteiger partial charge in [0.25, 0.3) is 5.91 Å². The Hall–Kier alpha value is -5.01. The zero-order valence-corrected chi connectivity index (χ0v) is 33.1. The fourth-order valence-electron chi connectivity index (χ4n) is 6.10. The summed E-state index contributed by atoms with van der Waals surface area (Å²) in [5, 5.41) is 19.2. The normalized spacial score (nSPS) is 15.3. The topological polar surface area (TPSA) is 191 Å². The number of nitrogens with one attached hydrogen (secondary N) is 3. The number of rotatable bonds is 7. The van der Waals surface area contributed by atoms with E-state index in [9.17, 15) is 40.7 Å². The molecule has 2 aliphatic rings. The monoisotopic (exact) mass is 888 g/mol. The van der Waals surface area contributed by atoms with E-state index in [4.69, 9.17) is 21.5 Å². The van der Waals surface area contributed by atoms with Crippen molar-refractivity contribution in [1.82, 2.24) is 44.8 Å². The molecule has 0 aliphatic carbocycles. The van der Waals surface area contributed by atoms with Crippen LogP contribution in [0.4, 0.5) is 32.0 Å². The number of anilines is 1. The van der Waals surface area contributed by atoms with E-state index in [0.29, 0.717) is 26.2 Å². The van der Waals surface area contributed by atoms with Crippen LogP contribution in [0.1, 0.15) is 39.5 Å². The first kappa shape index (κ1) is 43.1. The van der Waals surface area contributed by atoms with Crippen LogP contribution in [0.15, 0.2) is 36.7 Å². The summed E-state index contributed by atoms with van der Waals surface area (Å²) in [6.07, 6.45) is -5.61. The second kappa shape index (κ2) is 17.6. The molecular formula is C34H36AsClF6N10O5. The molecule has 0 spiro atoms. The van der Waals surface area contributed by atoms with Crippen molar-refractivity contribution in [2.24, 2.45) is 13.0 Å². The van der Waals surface area contributed by atoms with Crippen molar-refractivity contribution in [2.45, 2.75) is 36.6 Å². The fraction of sp³-hybridized carbons (Fsp3) is 0.412. The number of imidazole rings is 1. The first-order valence-electron chi connectivity index (χ1n) is 17.2. The van der Waals surface area contributed by atoms with Gasteiger partial charge in [-0.05, 0) is 32.0 Å². The van der Waals surface area contributed by atoms with Crippen molar-refractivity contribution in [2.75, 3.05) is 44.6 Å². The van der Waals surface area contributed by atoms with Gasteiger partial charge in [0.05, 0.1) is 10.6 Å². The number of piperidine rings is 1. The number of benzene rings is 1. The SMILES string of the molecule is Cn1c(-c2c(-c3nccc([As](C)C)n3)n[nH]c2C(F)(F)F)cnc1C(=O)Nc1ccc(C(=O)N2CCN(C(=O)C3CCNCC3)CC2)c(Cl)c1.O=C(O)C(F)(F)F. The van der Waals surface area contributed by atoms with Gasteiger partial charge in [-0.2, -0.15) is 13.2 Å². The third-order valence-electron chi connectivity index (χ3n) is 9.07. The van der Waals surface area contributed by atoms with E-state index in [1.807, 2.05) is 16.3 Å². The van der Waals surface area contributed by atoms with Crippen LogP contribution in [0, 0.1) is 5.92 Å². The molecule has 6 rings (SSSR count). The number of halogens is 7. The molecular weight excluding hydrogens is 853 g/mol. The number of amides is 3. The summed E-state index contributed by atoms with van der Waals surface area (Å²) in [6.45, 7) is 3.28. The number of carbonyl (C=O) groups excluding carboxylic acids is 3. The third kappa shape index (κ3) is 10.1. The van der Waals surface area contributed by atoms with Crippen molar-refractivity contribution in [1.29, 1.82) is 0 Å². The molecule has 23 heteroatoms. The Morgan fingerprint density at radius 3 is 2.18 bits per heavy atom. The minimum Gasteiger partial charge on any atom is -0.475 e. The van der Waals surface area contributed by atoms with E-state index in [1.165, 1.54) is 36.0 Å². The standard InChI is InChI=1S/C32H35AsClF3N10O3.C2HF3O2/c1-33(2)23-8-11-39-27(42-23)25-24(26(44-43-25)32(35,36)37)22-17-40-28(45(22)3)29(48)41-19-4-5-20(21(34)16-19)31(50)47-14-12-46(13-15-47)30(49)18-6-9-38-10-7-18;3-2(4,5)1(6)7/h4-5,8,11,16-18,38H,6-7,9-10,12-15H2,1-3H3,(H,41,48)(H,43,44);(H,6,7). The van der Waals surface area contributed by atoms with Gasteiger partial charge in [-0.15, -0.1) is 0 Å². The Morgan fingerprint density at radius 1 is 0.965 bits per heavy atom. The second-order valence-corrected chi connectivity index (χ2v) is 18.2. The number of H-pyrrole nitrogens is 1. The van der Waals surface area contributed by atoms with Crippen molar-refractivity contribution >= 4 is 60.1 Å². The number of aliphatic carboxylic acids is 1. The number of carbonyl (C=O) groups is 4. The first-order valence-corrected chi connectivity index (χ1v) is 22.2. The number of hydrogen-bond acceptors (Lipinski definition) is 9. The Morgan fingerprint density at radius 2 is 1.60 bits per heavy atom. The molecule has 5 heterocycles. The van der Waals surface area contributed by atoms with E-state index in [1.54, 1.807) is 11.0 Å². The van der Waals surface area contributed by atoms with Crippen molar-refractivity contribution in [3.05, 3.63) is 58.8 Å². The molecule has 4 N–H and O–H groups in total. The van der Waals surface area contributed by atoms with E-state index >= 15 is 0 Å². The molecule has 4 aromatic rings. The number of piperazine rings is 1. The van der Waals surface area contributed by atoms with E-state index < -0.39 is 44.6 Å². The molecule has 1 aromatic carbocycles. The van der Waals surface area contributed by atoms with E-state index in [0.717, 1.165) is 36.6 Å². The molecule has 306 valence electrons. The number of carboxylic acids is 1. The number of carboxylic acid groups (broad SMARTS) is 1. The Labute approximate surface area is 330 Å². The number of hydrogen-bond donors (Lipinski definition) is 4. The van der Waals surface area contributed by atoms with Gasteiger partial charge >= 0.3 is 185 Å². The Kier molecular flexibility index (Phi) is 13.3. The van der Waals surface area contributed by atoms with Crippen LogP contribution < -0.4 is 15.1 Å². The van der Waals surface area contributed by atoms with Crippen LogP contribution >= 0.6 is 11.6 Å². The predicted molar refractivity (Wildman–Crippen MR) is 195 cm³/mol. The average molecular weight is 889 g/mol. The number of aromatic nitrogens is 6. The predicted octanol–water partition coefficient (Wildman–Crippen LogP) is 4.07. The maximum absolute atomic E-state index is 14.1. The first-order chi connectivity index (χ1) is 26.8. The summed E-state index contributed by atoms with van der Waals surface area (Å²) in [6, 6.07) is 6.17. The minimum atomic E-state index is -5.08. The number of alkyl halides is 6.